The fourth-order valence-electron chi connectivity index (χ4n) is 3.95. The Bertz CT molecular complexity index is 433. The third-order valence-corrected chi connectivity index (χ3v) is 5.49. The minimum Gasteiger partial charge on any atom is -0.0853 e. The zero-order valence-corrected chi connectivity index (χ0v) is 14.1. The molecule has 112 valence electrons. The molecule has 0 aromatic rings. The lowest BCUT2D eigenvalue weighted by atomic mass is 9.70. The van der Waals surface area contributed by atoms with E-state index in [1.807, 2.05) is 0 Å². The van der Waals surface area contributed by atoms with Crippen molar-refractivity contribution < 1.29 is 0 Å². The monoisotopic (exact) mass is 272 g/mol. The second-order valence-corrected chi connectivity index (χ2v) is 7.65. The van der Waals surface area contributed by atoms with E-state index in [2.05, 4.69) is 52.8 Å². The molecule has 2 aliphatic rings. The predicted octanol–water partition coefficient (Wildman–Crippen LogP) is 6.45. The highest BCUT2D eigenvalue weighted by Gasteiger charge is 2.39. The Labute approximate surface area is 126 Å². The molecule has 0 N–H and O–H groups in total. The Morgan fingerprint density at radius 2 is 1.65 bits per heavy atom. The van der Waals surface area contributed by atoms with Crippen LogP contribution in [-0.4, -0.2) is 0 Å². The molecule has 2 aliphatic carbocycles. The Balaban J connectivity index is 2.26. The molecule has 0 bridgehead atoms. The van der Waals surface area contributed by atoms with Crippen LogP contribution in [0, 0.1) is 17.3 Å². The van der Waals surface area contributed by atoms with Crippen LogP contribution in [0.15, 0.2) is 34.9 Å². The number of hydrogen-bond donors (Lipinski definition) is 0. The van der Waals surface area contributed by atoms with Gasteiger partial charge in [0, 0.05) is 0 Å². The molecule has 0 heterocycles. The topological polar surface area (TPSA) is 0 Å². The van der Waals surface area contributed by atoms with E-state index in [4.69, 9.17) is 0 Å². The van der Waals surface area contributed by atoms with Gasteiger partial charge in [-0.1, -0.05) is 55.7 Å². The van der Waals surface area contributed by atoms with Gasteiger partial charge in [-0.25, -0.2) is 0 Å². The van der Waals surface area contributed by atoms with Gasteiger partial charge in [0.1, 0.15) is 0 Å². The van der Waals surface area contributed by atoms with Crippen LogP contribution in [0.1, 0.15) is 73.1 Å². The standard InChI is InChI=1S/C20H32/c1-15(2)18-12-14-20(5)13-11-17(4)8-6-7-16(3)9-10-19(18)20/h7,11-12,15,19H,6,8-10,13-14H2,1-5H3/b16-7+,17-11+. The molecular weight excluding hydrogens is 240 g/mol. The lowest BCUT2D eigenvalue weighted by Crippen LogP contribution is -2.25. The first-order chi connectivity index (χ1) is 9.42. The highest BCUT2D eigenvalue weighted by molar-refractivity contribution is 5.23. The SMILES string of the molecule is C/C1=C\CC2(C)CC=C(C(C)C)C2CC/C(C)=C/CC1. The highest BCUT2D eigenvalue weighted by Crippen LogP contribution is 2.50. The van der Waals surface area contributed by atoms with Crippen LogP contribution in [0.4, 0.5) is 0 Å². The third kappa shape index (κ3) is 3.45. The second kappa shape index (κ2) is 6.33. The van der Waals surface area contributed by atoms with E-state index in [1.54, 1.807) is 16.7 Å². The zero-order chi connectivity index (χ0) is 14.8. The summed E-state index contributed by atoms with van der Waals surface area (Å²) in [4.78, 5) is 0. The Morgan fingerprint density at radius 3 is 2.35 bits per heavy atom. The summed E-state index contributed by atoms with van der Waals surface area (Å²) in [6.45, 7) is 11.9. The molecule has 2 rings (SSSR count). The lowest BCUT2D eigenvalue weighted by Gasteiger charge is -2.34. The van der Waals surface area contributed by atoms with Crippen molar-refractivity contribution >= 4 is 0 Å². The average Bonchev–Trinajstić information content (AvgIpc) is 2.70. The molecule has 2 atom stereocenters. The Hall–Kier alpha value is -0.780. The van der Waals surface area contributed by atoms with Crippen molar-refractivity contribution in [2.24, 2.45) is 17.3 Å². The van der Waals surface area contributed by atoms with E-state index in [-0.39, 0.29) is 0 Å². The van der Waals surface area contributed by atoms with Crippen LogP contribution >= 0.6 is 0 Å². The summed E-state index contributed by atoms with van der Waals surface area (Å²) in [5.74, 6) is 1.49. The molecule has 0 radical (unpaired) electrons. The van der Waals surface area contributed by atoms with Gasteiger partial charge in [0.2, 0.25) is 0 Å². The largest absolute Gasteiger partial charge is 0.0853 e. The summed E-state index contributed by atoms with van der Waals surface area (Å²) in [7, 11) is 0. The fraction of sp³-hybridized carbons (Fsp3) is 0.700. The van der Waals surface area contributed by atoms with Gasteiger partial charge >= 0.3 is 0 Å². The minimum absolute atomic E-state index is 0.464. The molecule has 0 aromatic heterocycles. The van der Waals surface area contributed by atoms with Gasteiger partial charge in [0.05, 0.1) is 0 Å². The Kier molecular flexibility index (Phi) is 4.94. The summed E-state index contributed by atoms with van der Waals surface area (Å²) in [6, 6.07) is 0. The van der Waals surface area contributed by atoms with Crippen molar-refractivity contribution in [1.29, 1.82) is 0 Å². The quantitative estimate of drug-likeness (QED) is 0.481. The molecule has 0 amide bonds. The molecule has 0 fully saturated rings. The van der Waals surface area contributed by atoms with Crippen molar-refractivity contribution in [2.45, 2.75) is 73.1 Å². The van der Waals surface area contributed by atoms with Crippen molar-refractivity contribution in [1.82, 2.24) is 0 Å². The molecule has 0 saturated carbocycles. The smallest absolute Gasteiger partial charge is 0.0138 e. The molecule has 0 nitrogen and oxygen atoms in total. The maximum Gasteiger partial charge on any atom is -0.0138 e. The van der Waals surface area contributed by atoms with Gasteiger partial charge in [0.15, 0.2) is 0 Å². The first kappa shape index (κ1) is 15.6. The van der Waals surface area contributed by atoms with Gasteiger partial charge in [-0.2, -0.15) is 0 Å². The molecule has 0 saturated heterocycles. The molecule has 0 aliphatic heterocycles. The van der Waals surface area contributed by atoms with Crippen LogP contribution in [0.3, 0.4) is 0 Å². The molecule has 20 heavy (non-hydrogen) atoms. The van der Waals surface area contributed by atoms with Crippen LogP contribution < -0.4 is 0 Å². The van der Waals surface area contributed by atoms with E-state index < -0.39 is 0 Å². The third-order valence-electron chi connectivity index (χ3n) is 5.49. The lowest BCUT2D eigenvalue weighted by molar-refractivity contribution is 0.225. The maximum atomic E-state index is 2.56. The van der Waals surface area contributed by atoms with Crippen LogP contribution in [0.25, 0.3) is 0 Å². The first-order valence-electron chi connectivity index (χ1n) is 8.43. The summed E-state index contributed by atoms with van der Waals surface area (Å²) in [6.07, 6.45) is 15.2. The molecular formula is C20H32. The fourth-order valence-corrected chi connectivity index (χ4v) is 3.95. The highest BCUT2D eigenvalue weighted by atomic mass is 14.4. The van der Waals surface area contributed by atoms with E-state index >= 15 is 0 Å². The summed E-state index contributed by atoms with van der Waals surface area (Å²) in [5.41, 5.74) is 5.36. The van der Waals surface area contributed by atoms with Gasteiger partial charge < -0.3 is 0 Å². The van der Waals surface area contributed by atoms with Crippen LogP contribution in [-0.2, 0) is 0 Å². The van der Waals surface area contributed by atoms with Crippen LogP contribution in [0.5, 0.6) is 0 Å². The Morgan fingerprint density at radius 1 is 1.00 bits per heavy atom. The number of rotatable bonds is 1. The molecule has 0 spiro atoms. The van der Waals surface area contributed by atoms with Gasteiger partial charge in [-0.3, -0.25) is 0 Å². The maximum absolute atomic E-state index is 2.56. The normalized spacial score (nSPS) is 37.3. The average molecular weight is 272 g/mol. The van der Waals surface area contributed by atoms with E-state index in [1.165, 1.54) is 38.5 Å². The van der Waals surface area contributed by atoms with Crippen molar-refractivity contribution in [2.75, 3.05) is 0 Å². The molecule has 0 aromatic carbocycles. The first-order valence-corrected chi connectivity index (χ1v) is 8.43. The van der Waals surface area contributed by atoms with E-state index in [0.717, 1.165) is 5.92 Å². The van der Waals surface area contributed by atoms with Crippen molar-refractivity contribution in [3.05, 3.63) is 34.9 Å². The number of allylic oxidation sites excluding steroid dienone is 6. The summed E-state index contributed by atoms with van der Waals surface area (Å²) >= 11 is 0. The van der Waals surface area contributed by atoms with Crippen LogP contribution in [0.2, 0.25) is 0 Å². The zero-order valence-electron chi connectivity index (χ0n) is 14.1. The van der Waals surface area contributed by atoms with Gasteiger partial charge in [-0.05, 0) is 69.6 Å². The number of hydrogen-bond acceptors (Lipinski definition) is 0. The predicted molar refractivity (Wildman–Crippen MR) is 89.7 cm³/mol. The van der Waals surface area contributed by atoms with E-state index in [0.29, 0.717) is 11.3 Å². The molecule has 2 unspecified atom stereocenters. The second-order valence-electron chi connectivity index (χ2n) is 7.65. The number of fused-ring (bicyclic) bond motifs is 1. The summed E-state index contributed by atoms with van der Waals surface area (Å²) < 4.78 is 0. The van der Waals surface area contributed by atoms with Gasteiger partial charge in [0.25, 0.3) is 0 Å². The minimum atomic E-state index is 0.464. The van der Waals surface area contributed by atoms with Gasteiger partial charge in [-0.15, -0.1) is 0 Å². The van der Waals surface area contributed by atoms with Crippen molar-refractivity contribution in [3.63, 3.8) is 0 Å². The van der Waals surface area contributed by atoms with Crippen molar-refractivity contribution in [3.8, 4) is 0 Å². The van der Waals surface area contributed by atoms with E-state index in [9.17, 15) is 0 Å². The molecule has 0 heteroatoms. The summed E-state index contributed by atoms with van der Waals surface area (Å²) in [5, 5.41) is 0.